The summed E-state index contributed by atoms with van der Waals surface area (Å²) in [6.45, 7) is 5.08. The molecule has 108 valence electrons. The van der Waals surface area contributed by atoms with Gasteiger partial charge in [-0.15, -0.1) is 11.3 Å². The number of halogens is 2. The van der Waals surface area contributed by atoms with Gasteiger partial charge in [-0.25, -0.2) is 9.37 Å². The molecule has 2 rings (SSSR count). The highest BCUT2D eigenvalue weighted by Crippen LogP contribution is 2.28. The van der Waals surface area contributed by atoms with Crippen molar-refractivity contribution in [3.8, 4) is 0 Å². The van der Waals surface area contributed by atoms with E-state index in [2.05, 4.69) is 33.2 Å². The molecule has 1 atom stereocenters. The number of thiazole rings is 1. The maximum atomic E-state index is 13.6. The summed E-state index contributed by atoms with van der Waals surface area (Å²) >= 11 is 5.03. The van der Waals surface area contributed by atoms with E-state index in [9.17, 15) is 4.39 Å². The molecule has 1 aromatic carbocycles. The maximum absolute atomic E-state index is 13.6. The van der Waals surface area contributed by atoms with Crippen LogP contribution in [0.25, 0.3) is 0 Å². The van der Waals surface area contributed by atoms with E-state index in [0.717, 1.165) is 30.0 Å². The zero-order chi connectivity index (χ0) is 14.5. The Morgan fingerprint density at radius 2 is 2.25 bits per heavy atom. The van der Waals surface area contributed by atoms with Gasteiger partial charge in [-0.2, -0.15) is 0 Å². The van der Waals surface area contributed by atoms with Gasteiger partial charge in [-0.1, -0.05) is 19.1 Å². The third kappa shape index (κ3) is 3.87. The first kappa shape index (κ1) is 15.6. The van der Waals surface area contributed by atoms with Gasteiger partial charge in [0.25, 0.3) is 0 Å². The number of hydrogen-bond donors (Lipinski definition) is 1. The Balaban J connectivity index is 2.21. The smallest absolute Gasteiger partial charge is 0.137 e. The van der Waals surface area contributed by atoms with E-state index in [1.54, 1.807) is 17.4 Å². The number of aryl methyl sites for hydroxylation is 1. The first-order valence-corrected chi connectivity index (χ1v) is 8.31. The SMILES string of the molecule is CCCNC(Cc1cccc(F)c1Br)c1cnc(C)s1. The Bertz CT molecular complexity index is 571. The molecular weight excluding hydrogens is 339 g/mol. The fourth-order valence-electron chi connectivity index (χ4n) is 2.06. The Kier molecular flexibility index (Phi) is 5.69. The van der Waals surface area contributed by atoms with Crippen molar-refractivity contribution in [3.05, 3.63) is 50.1 Å². The van der Waals surface area contributed by atoms with Gasteiger partial charge in [0.05, 0.1) is 9.48 Å². The number of nitrogens with one attached hydrogen (secondary N) is 1. The van der Waals surface area contributed by atoms with Crippen LogP contribution >= 0.6 is 27.3 Å². The number of aromatic nitrogens is 1. The molecule has 2 aromatic rings. The van der Waals surface area contributed by atoms with E-state index in [0.29, 0.717) is 4.47 Å². The van der Waals surface area contributed by atoms with Crippen LogP contribution in [0.15, 0.2) is 28.9 Å². The van der Waals surface area contributed by atoms with Gasteiger partial charge in [0, 0.05) is 17.1 Å². The van der Waals surface area contributed by atoms with E-state index < -0.39 is 0 Å². The third-order valence-electron chi connectivity index (χ3n) is 3.08. The molecule has 0 radical (unpaired) electrons. The predicted octanol–water partition coefficient (Wildman–Crippen LogP) is 4.64. The van der Waals surface area contributed by atoms with Crippen molar-refractivity contribution >= 4 is 27.3 Å². The zero-order valence-corrected chi connectivity index (χ0v) is 14.0. The van der Waals surface area contributed by atoms with E-state index in [4.69, 9.17) is 0 Å². The van der Waals surface area contributed by atoms with Crippen LogP contribution in [-0.2, 0) is 6.42 Å². The van der Waals surface area contributed by atoms with Crippen LogP contribution in [0, 0.1) is 12.7 Å². The molecule has 5 heteroatoms. The number of rotatable bonds is 6. The van der Waals surface area contributed by atoms with Gasteiger partial charge >= 0.3 is 0 Å². The summed E-state index contributed by atoms with van der Waals surface area (Å²) in [6.07, 6.45) is 3.74. The van der Waals surface area contributed by atoms with E-state index in [1.807, 2.05) is 19.2 Å². The summed E-state index contributed by atoms with van der Waals surface area (Å²) < 4.78 is 14.2. The number of benzene rings is 1. The van der Waals surface area contributed by atoms with Crippen molar-refractivity contribution in [2.45, 2.75) is 32.7 Å². The average Bonchev–Trinajstić information content (AvgIpc) is 2.86. The predicted molar refractivity (Wildman–Crippen MR) is 85.7 cm³/mol. The third-order valence-corrected chi connectivity index (χ3v) is 4.99. The summed E-state index contributed by atoms with van der Waals surface area (Å²) in [5.74, 6) is -0.211. The molecule has 0 bridgehead atoms. The summed E-state index contributed by atoms with van der Waals surface area (Å²) in [5, 5.41) is 4.58. The van der Waals surface area contributed by atoms with Crippen molar-refractivity contribution in [3.63, 3.8) is 0 Å². The second-order valence-electron chi connectivity index (χ2n) is 4.71. The lowest BCUT2D eigenvalue weighted by Crippen LogP contribution is -2.23. The minimum atomic E-state index is -0.211. The molecule has 2 nitrogen and oxygen atoms in total. The van der Waals surface area contributed by atoms with Crippen molar-refractivity contribution in [1.29, 1.82) is 0 Å². The maximum Gasteiger partial charge on any atom is 0.137 e. The number of nitrogens with zero attached hydrogens (tertiary/aromatic N) is 1. The molecule has 0 aliphatic carbocycles. The summed E-state index contributed by atoms with van der Waals surface area (Å²) in [6, 6.07) is 5.37. The first-order valence-electron chi connectivity index (χ1n) is 6.70. The minimum absolute atomic E-state index is 0.180. The largest absolute Gasteiger partial charge is 0.309 e. The van der Waals surface area contributed by atoms with Crippen LogP contribution in [0.5, 0.6) is 0 Å². The molecule has 1 aromatic heterocycles. The monoisotopic (exact) mass is 356 g/mol. The molecule has 0 saturated carbocycles. The molecule has 1 heterocycles. The molecule has 0 spiro atoms. The lowest BCUT2D eigenvalue weighted by molar-refractivity contribution is 0.532. The second-order valence-corrected chi connectivity index (χ2v) is 6.76. The van der Waals surface area contributed by atoms with Crippen LogP contribution in [0.1, 0.15) is 34.8 Å². The zero-order valence-electron chi connectivity index (χ0n) is 11.6. The summed E-state index contributed by atoms with van der Waals surface area (Å²) in [5.41, 5.74) is 0.977. The Morgan fingerprint density at radius 1 is 1.45 bits per heavy atom. The molecule has 0 saturated heterocycles. The van der Waals surface area contributed by atoms with E-state index in [-0.39, 0.29) is 11.9 Å². The van der Waals surface area contributed by atoms with Crippen molar-refractivity contribution < 1.29 is 4.39 Å². The summed E-state index contributed by atoms with van der Waals surface area (Å²) in [4.78, 5) is 5.52. The fourth-order valence-corrected chi connectivity index (χ4v) is 3.34. The molecule has 1 unspecified atom stereocenters. The van der Waals surface area contributed by atoms with Gasteiger partial charge < -0.3 is 5.32 Å². The van der Waals surface area contributed by atoms with E-state index in [1.165, 1.54) is 10.9 Å². The molecule has 0 aliphatic heterocycles. The average molecular weight is 357 g/mol. The Morgan fingerprint density at radius 3 is 2.90 bits per heavy atom. The Hall–Kier alpha value is -0.780. The standard InChI is InChI=1S/C15H18BrFN2S/c1-3-7-18-13(14-9-19-10(2)20-14)8-11-5-4-6-12(17)15(11)16/h4-6,9,13,18H,3,7-8H2,1-2H3. The summed E-state index contributed by atoms with van der Waals surface area (Å²) in [7, 11) is 0. The highest BCUT2D eigenvalue weighted by atomic mass is 79.9. The molecule has 0 amide bonds. The van der Waals surface area contributed by atoms with Crippen LogP contribution in [0.3, 0.4) is 0 Å². The molecular formula is C15H18BrFN2S. The highest BCUT2D eigenvalue weighted by Gasteiger charge is 2.16. The minimum Gasteiger partial charge on any atom is -0.309 e. The molecule has 0 fully saturated rings. The van der Waals surface area contributed by atoms with Gasteiger partial charge in [0.2, 0.25) is 0 Å². The van der Waals surface area contributed by atoms with Gasteiger partial charge in [-0.05, 0) is 53.9 Å². The van der Waals surface area contributed by atoms with Crippen molar-refractivity contribution in [2.24, 2.45) is 0 Å². The van der Waals surface area contributed by atoms with Gasteiger partial charge in [0.15, 0.2) is 0 Å². The fraction of sp³-hybridized carbons (Fsp3) is 0.400. The molecule has 0 aliphatic rings. The van der Waals surface area contributed by atoms with Crippen molar-refractivity contribution in [1.82, 2.24) is 10.3 Å². The van der Waals surface area contributed by atoms with Gasteiger partial charge in [-0.3, -0.25) is 0 Å². The van der Waals surface area contributed by atoms with E-state index >= 15 is 0 Å². The van der Waals surface area contributed by atoms with Crippen LogP contribution in [0.2, 0.25) is 0 Å². The Labute approximate surface area is 131 Å². The number of hydrogen-bond acceptors (Lipinski definition) is 3. The topological polar surface area (TPSA) is 24.9 Å². The second kappa shape index (κ2) is 7.29. The highest BCUT2D eigenvalue weighted by molar-refractivity contribution is 9.10. The molecule has 20 heavy (non-hydrogen) atoms. The van der Waals surface area contributed by atoms with Crippen LogP contribution in [0.4, 0.5) is 4.39 Å². The van der Waals surface area contributed by atoms with Crippen LogP contribution in [-0.4, -0.2) is 11.5 Å². The normalized spacial score (nSPS) is 12.6. The lowest BCUT2D eigenvalue weighted by atomic mass is 10.0. The van der Waals surface area contributed by atoms with Crippen molar-refractivity contribution in [2.75, 3.05) is 6.54 Å². The quantitative estimate of drug-likeness (QED) is 0.815. The first-order chi connectivity index (χ1) is 9.61. The lowest BCUT2D eigenvalue weighted by Gasteiger charge is -2.17. The van der Waals surface area contributed by atoms with Crippen LogP contribution < -0.4 is 5.32 Å². The molecule has 1 N–H and O–H groups in total. The van der Waals surface area contributed by atoms with Gasteiger partial charge in [0.1, 0.15) is 5.82 Å².